The lowest BCUT2D eigenvalue weighted by Gasteiger charge is -2.15. The third kappa shape index (κ3) is 1.36. The van der Waals surface area contributed by atoms with E-state index in [0.717, 1.165) is 25.3 Å². The second-order valence-corrected chi connectivity index (χ2v) is 4.36. The fourth-order valence-corrected chi connectivity index (χ4v) is 2.90. The quantitative estimate of drug-likeness (QED) is 0.795. The highest BCUT2D eigenvalue weighted by molar-refractivity contribution is 5.50. The average molecular weight is 203 g/mol. The second-order valence-electron chi connectivity index (χ2n) is 4.36. The van der Waals surface area contributed by atoms with Crippen molar-refractivity contribution in [3.63, 3.8) is 0 Å². The molecule has 15 heavy (non-hydrogen) atoms. The molecular weight excluding hydrogens is 186 g/mol. The third-order valence-electron chi connectivity index (χ3n) is 3.52. The van der Waals surface area contributed by atoms with E-state index in [0.29, 0.717) is 6.04 Å². The Labute approximate surface area is 90.6 Å². The van der Waals surface area contributed by atoms with Gasteiger partial charge in [-0.2, -0.15) is 0 Å². The summed E-state index contributed by atoms with van der Waals surface area (Å²) in [5, 5.41) is 3.57. The van der Waals surface area contributed by atoms with Gasteiger partial charge in [-0.1, -0.05) is 13.0 Å². The fraction of sp³-hybridized carbons (Fsp3) is 0.538. The zero-order chi connectivity index (χ0) is 10.3. The molecule has 1 atom stereocenters. The van der Waals surface area contributed by atoms with Crippen molar-refractivity contribution in [1.29, 1.82) is 0 Å². The number of ether oxygens (including phenoxy) is 1. The average Bonchev–Trinajstić information content (AvgIpc) is 2.83. The minimum absolute atomic E-state index is 0.571. The number of nitrogens with one attached hydrogen (secondary N) is 1. The maximum absolute atomic E-state index is 5.62. The van der Waals surface area contributed by atoms with Crippen LogP contribution < -0.4 is 10.1 Å². The van der Waals surface area contributed by atoms with Gasteiger partial charge in [0.2, 0.25) is 0 Å². The Morgan fingerprint density at radius 2 is 2.33 bits per heavy atom. The molecule has 0 saturated carbocycles. The molecule has 80 valence electrons. The molecule has 1 N–H and O–H groups in total. The molecule has 0 bridgehead atoms. The molecule has 0 spiro atoms. The van der Waals surface area contributed by atoms with Gasteiger partial charge in [0.05, 0.1) is 6.61 Å². The summed E-state index contributed by atoms with van der Waals surface area (Å²) in [5.41, 5.74) is 4.55. The van der Waals surface area contributed by atoms with E-state index >= 15 is 0 Å². The first-order chi connectivity index (χ1) is 7.40. The molecule has 2 aliphatic rings. The van der Waals surface area contributed by atoms with E-state index in [1.165, 1.54) is 24.0 Å². The van der Waals surface area contributed by atoms with Gasteiger partial charge in [0, 0.05) is 18.0 Å². The van der Waals surface area contributed by atoms with Crippen LogP contribution in [0.25, 0.3) is 0 Å². The molecule has 3 rings (SSSR count). The molecule has 0 fully saturated rings. The van der Waals surface area contributed by atoms with E-state index in [1.807, 2.05) is 0 Å². The molecule has 2 nitrogen and oxygen atoms in total. The SMILES string of the molecule is CCN[C@@H]1CCc2ccc3c(c21)CCO3. The topological polar surface area (TPSA) is 21.3 Å². The van der Waals surface area contributed by atoms with Crippen LogP contribution in [-0.4, -0.2) is 13.2 Å². The number of hydrogen-bond acceptors (Lipinski definition) is 2. The molecule has 0 radical (unpaired) electrons. The van der Waals surface area contributed by atoms with Crippen LogP contribution in [0.1, 0.15) is 36.1 Å². The summed E-state index contributed by atoms with van der Waals surface area (Å²) in [6.45, 7) is 4.09. The fourth-order valence-electron chi connectivity index (χ4n) is 2.90. The highest BCUT2D eigenvalue weighted by Gasteiger charge is 2.28. The van der Waals surface area contributed by atoms with Gasteiger partial charge in [-0.25, -0.2) is 0 Å². The lowest BCUT2D eigenvalue weighted by Crippen LogP contribution is -2.19. The molecular formula is C13H17NO. The molecule has 1 aliphatic carbocycles. The molecule has 1 heterocycles. The van der Waals surface area contributed by atoms with Crippen molar-refractivity contribution in [2.75, 3.05) is 13.2 Å². The summed E-state index contributed by atoms with van der Waals surface area (Å²) in [5.74, 6) is 1.12. The van der Waals surface area contributed by atoms with E-state index in [2.05, 4.69) is 24.4 Å². The van der Waals surface area contributed by atoms with Gasteiger partial charge in [-0.3, -0.25) is 0 Å². The Kier molecular flexibility index (Phi) is 2.17. The summed E-state index contributed by atoms with van der Waals surface area (Å²) in [6, 6.07) is 4.97. The van der Waals surface area contributed by atoms with Crippen LogP contribution in [0.4, 0.5) is 0 Å². The molecule has 0 aromatic heterocycles. The van der Waals surface area contributed by atoms with Gasteiger partial charge in [-0.15, -0.1) is 0 Å². The largest absolute Gasteiger partial charge is 0.493 e. The Balaban J connectivity index is 2.05. The Bertz CT molecular complexity index is 384. The van der Waals surface area contributed by atoms with E-state index in [4.69, 9.17) is 4.74 Å². The molecule has 0 saturated heterocycles. The lowest BCUT2D eigenvalue weighted by atomic mass is 9.99. The third-order valence-corrected chi connectivity index (χ3v) is 3.52. The van der Waals surface area contributed by atoms with E-state index in [9.17, 15) is 0 Å². The van der Waals surface area contributed by atoms with Gasteiger partial charge in [0.15, 0.2) is 0 Å². The smallest absolute Gasteiger partial charge is 0.122 e. The van der Waals surface area contributed by atoms with E-state index in [-0.39, 0.29) is 0 Å². The van der Waals surface area contributed by atoms with Crippen LogP contribution in [0, 0.1) is 0 Å². The zero-order valence-corrected chi connectivity index (χ0v) is 9.18. The van der Waals surface area contributed by atoms with Crippen LogP contribution in [0.15, 0.2) is 12.1 Å². The van der Waals surface area contributed by atoms with Crippen molar-refractivity contribution in [3.8, 4) is 5.75 Å². The molecule has 0 amide bonds. The summed E-state index contributed by atoms with van der Waals surface area (Å²) in [4.78, 5) is 0. The zero-order valence-electron chi connectivity index (χ0n) is 9.18. The second kappa shape index (κ2) is 3.53. The Morgan fingerprint density at radius 1 is 1.40 bits per heavy atom. The maximum Gasteiger partial charge on any atom is 0.122 e. The normalized spacial score (nSPS) is 22.3. The highest BCUT2D eigenvalue weighted by atomic mass is 16.5. The van der Waals surface area contributed by atoms with Crippen molar-refractivity contribution < 1.29 is 4.74 Å². The predicted molar refractivity (Wildman–Crippen MR) is 60.4 cm³/mol. The first-order valence-electron chi connectivity index (χ1n) is 5.91. The lowest BCUT2D eigenvalue weighted by molar-refractivity contribution is 0.357. The first-order valence-corrected chi connectivity index (χ1v) is 5.91. The van der Waals surface area contributed by atoms with Crippen LogP contribution >= 0.6 is 0 Å². The Morgan fingerprint density at radius 3 is 3.20 bits per heavy atom. The molecule has 1 aromatic carbocycles. The summed E-state index contributed by atoms with van der Waals surface area (Å²) >= 11 is 0. The minimum atomic E-state index is 0.571. The monoisotopic (exact) mass is 203 g/mol. The number of rotatable bonds is 2. The van der Waals surface area contributed by atoms with Gasteiger partial charge < -0.3 is 10.1 Å². The van der Waals surface area contributed by atoms with Crippen molar-refractivity contribution in [1.82, 2.24) is 5.32 Å². The Hall–Kier alpha value is -1.02. The molecule has 1 aliphatic heterocycles. The van der Waals surface area contributed by atoms with E-state index < -0.39 is 0 Å². The van der Waals surface area contributed by atoms with Gasteiger partial charge in [0.1, 0.15) is 5.75 Å². The van der Waals surface area contributed by atoms with Gasteiger partial charge >= 0.3 is 0 Å². The van der Waals surface area contributed by atoms with Crippen molar-refractivity contribution in [2.45, 2.75) is 32.2 Å². The number of aryl methyl sites for hydroxylation is 1. The minimum Gasteiger partial charge on any atom is -0.493 e. The number of fused-ring (bicyclic) bond motifs is 3. The van der Waals surface area contributed by atoms with Crippen molar-refractivity contribution >= 4 is 0 Å². The first kappa shape index (κ1) is 9.22. The number of hydrogen-bond donors (Lipinski definition) is 1. The summed E-state index contributed by atoms with van der Waals surface area (Å²) in [7, 11) is 0. The highest BCUT2D eigenvalue weighted by Crippen LogP contribution is 2.40. The molecule has 1 aromatic rings. The standard InChI is InChI=1S/C13H17NO/c1-2-14-11-5-3-9-4-6-12-10(13(9)11)7-8-15-12/h4,6,11,14H,2-3,5,7-8H2,1H3/t11-/m1/s1. The number of benzene rings is 1. The van der Waals surface area contributed by atoms with Gasteiger partial charge in [0.25, 0.3) is 0 Å². The van der Waals surface area contributed by atoms with E-state index in [1.54, 1.807) is 5.56 Å². The van der Waals surface area contributed by atoms with Crippen LogP contribution in [0.3, 0.4) is 0 Å². The summed E-state index contributed by atoms with van der Waals surface area (Å²) in [6.07, 6.45) is 3.57. The maximum atomic E-state index is 5.62. The van der Waals surface area contributed by atoms with Gasteiger partial charge in [-0.05, 0) is 36.6 Å². The van der Waals surface area contributed by atoms with Crippen LogP contribution in [-0.2, 0) is 12.8 Å². The van der Waals surface area contributed by atoms with Crippen LogP contribution in [0.5, 0.6) is 5.75 Å². The van der Waals surface area contributed by atoms with Crippen molar-refractivity contribution in [2.24, 2.45) is 0 Å². The molecule has 0 unspecified atom stereocenters. The van der Waals surface area contributed by atoms with Crippen LogP contribution in [0.2, 0.25) is 0 Å². The molecule has 2 heteroatoms. The van der Waals surface area contributed by atoms with Crippen molar-refractivity contribution in [3.05, 3.63) is 28.8 Å². The summed E-state index contributed by atoms with van der Waals surface area (Å²) < 4.78 is 5.62. The predicted octanol–water partition coefficient (Wildman–Crippen LogP) is 2.22.